The third-order valence-electron chi connectivity index (χ3n) is 7.97. The number of ether oxygens (including phenoxy) is 2. The van der Waals surface area contributed by atoms with Crippen molar-refractivity contribution < 1.29 is 19.1 Å². The van der Waals surface area contributed by atoms with Gasteiger partial charge in [0.05, 0.1) is 25.6 Å². The Morgan fingerprint density at radius 2 is 1.19 bits per heavy atom. The first-order chi connectivity index (χ1) is 26.9. The number of nitrogen functional groups attached to an aromatic ring is 1. The number of aromatic nitrogens is 4. The number of methoxy groups -OCH3 is 2. The van der Waals surface area contributed by atoms with Crippen molar-refractivity contribution in [1.29, 1.82) is 0 Å². The lowest BCUT2D eigenvalue weighted by atomic mass is 10.0. The highest BCUT2D eigenvalue weighted by atomic mass is 79.9. The Hall–Kier alpha value is -3.44. The van der Waals surface area contributed by atoms with Gasteiger partial charge in [0.15, 0.2) is 9.05 Å². The van der Waals surface area contributed by atoms with Crippen LogP contribution in [0.25, 0.3) is 22.5 Å². The molecule has 0 saturated heterocycles. The van der Waals surface area contributed by atoms with Crippen LogP contribution < -0.4 is 11.1 Å². The second kappa shape index (κ2) is 21.0. The number of rotatable bonds is 8. The van der Waals surface area contributed by atoms with Gasteiger partial charge in [-0.1, -0.05) is 63.0 Å². The number of halogens is 5. The van der Waals surface area contributed by atoms with E-state index < -0.39 is 11.9 Å². The number of esters is 2. The van der Waals surface area contributed by atoms with Crippen molar-refractivity contribution in [3.63, 3.8) is 0 Å². The number of benzene rings is 2. The molecule has 2 aromatic carbocycles. The van der Waals surface area contributed by atoms with Gasteiger partial charge in [0.2, 0.25) is 0 Å². The SMILES string of the molecule is COC(=O)c1cc(Br)cnc1N.COC(=O)c1cc(Br)cnc1Nc1nc(-c2ccc(Cl)c(C)c2)c(C(C)C)s1.Cc1cc(-c2nc(Br)sc2C(C)C)ccc1Cl. The average molecular weight is 1040 g/mol. The molecule has 0 bridgehead atoms. The van der Waals surface area contributed by atoms with Gasteiger partial charge in [0, 0.05) is 52.3 Å². The maximum Gasteiger partial charge on any atom is 0.341 e. The number of carbonyl (C=O) groups excluding carboxylic acids is 2. The molecule has 6 aromatic rings. The summed E-state index contributed by atoms with van der Waals surface area (Å²) in [7, 11) is 2.64. The standard InChI is InChI=1S/C20H19BrClN3O2S.C13H13BrClNS.C7H7BrN2O2/c1-10(2)17-16(12-5-6-15(22)11(3)7-12)24-20(28-17)25-18-14(19(26)27-4)8-13(21)9-23-18;1-7(2)12-11(16-13(14)17-12)9-4-5-10(15)8(3)6-9;1-12-7(11)5-2-4(8)3-10-6(5)9/h5-10H,1-4H3,(H,23,24,25);4-7H,1-3H3;2-3H,1H3,(H2,9,10). The van der Waals surface area contributed by atoms with Gasteiger partial charge in [0.25, 0.3) is 0 Å². The molecule has 0 aliphatic rings. The number of aryl methyl sites for hydroxylation is 2. The van der Waals surface area contributed by atoms with Crippen LogP contribution in [-0.4, -0.2) is 46.1 Å². The first-order valence-electron chi connectivity index (χ1n) is 17.1. The second-order valence-corrected chi connectivity index (χ2v) is 18.9. The highest BCUT2D eigenvalue weighted by Crippen LogP contribution is 2.39. The summed E-state index contributed by atoms with van der Waals surface area (Å²) in [5.74, 6) is 0.386. The number of nitrogens with zero attached hydrogens (tertiary/aromatic N) is 4. The Kier molecular flexibility index (Phi) is 17.0. The van der Waals surface area contributed by atoms with Gasteiger partial charge < -0.3 is 20.5 Å². The van der Waals surface area contributed by atoms with Gasteiger partial charge in [-0.2, -0.15) is 0 Å². The van der Waals surface area contributed by atoms with Crippen LogP contribution in [0.5, 0.6) is 0 Å². The smallest absolute Gasteiger partial charge is 0.341 e. The fraction of sp³-hybridized carbons (Fsp3) is 0.250. The van der Waals surface area contributed by atoms with E-state index in [0.29, 0.717) is 31.4 Å². The molecule has 0 unspecified atom stereocenters. The molecule has 0 aliphatic heterocycles. The molecular weight excluding hydrogens is 1000 g/mol. The number of hydrogen-bond acceptors (Lipinski definition) is 12. The second-order valence-electron chi connectivity index (χ2n) is 12.9. The number of nitrogens with one attached hydrogen (secondary N) is 1. The third-order valence-corrected chi connectivity index (χ3v) is 12.8. The van der Waals surface area contributed by atoms with E-state index in [-0.39, 0.29) is 17.3 Å². The summed E-state index contributed by atoms with van der Waals surface area (Å²) < 4.78 is 11.7. The predicted octanol–water partition coefficient (Wildman–Crippen LogP) is 13.5. The summed E-state index contributed by atoms with van der Waals surface area (Å²) in [5, 5.41) is 5.36. The van der Waals surface area contributed by atoms with Crippen LogP contribution in [0.3, 0.4) is 0 Å². The van der Waals surface area contributed by atoms with Crippen molar-refractivity contribution in [2.45, 2.75) is 53.4 Å². The van der Waals surface area contributed by atoms with Crippen molar-refractivity contribution in [2.75, 3.05) is 25.3 Å². The van der Waals surface area contributed by atoms with E-state index in [1.807, 2.05) is 44.2 Å². The fourth-order valence-corrected chi connectivity index (χ4v) is 8.50. The third kappa shape index (κ3) is 12.3. The number of pyridine rings is 2. The van der Waals surface area contributed by atoms with Gasteiger partial charge in [-0.15, -0.1) is 22.7 Å². The molecular formula is C40H39Br3Cl2N6O4S2. The van der Waals surface area contributed by atoms with Crippen molar-refractivity contribution in [1.82, 2.24) is 19.9 Å². The Morgan fingerprint density at radius 1 is 0.719 bits per heavy atom. The summed E-state index contributed by atoms with van der Waals surface area (Å²) in [4.78, 5) is 43.0. The molecule has 0 radical (unpaired) electrons. The zero-order valence-corrected chi connectivity index (χ0v) is 40.0. The van der Waals surface area contributed by atoms with Crippen LogP contribution in [0.1, 0.15) is 81.1 Å². The number of hydrogen-bond donors (Lipinski definition) is 2. The normalized spacial score (nSPS) is 10.7. The molecule has 0 atom stereocenters. The van der Waals surface area contributed by atoms with Gasteiger partial charge in [-0.3, -0.25) is 0 Å². The number of carbonyl (C=O) groups is 2. The Labute approximate surface area is 375 Å². The van der Waals surface area contributed by atoms with E-state index in [0.717, 1.165) is 52.5 Å². The largest absolute Gasteiger partial charge is 0.465 e. The molecule has 0 spiro atoms. The Morgan fingerprint density at radius 3 is 1.70 bits per heavy atom. The molecule has 0 saturated carbocycles. The molecule has 4 heterocycles. The molecule has 6 rings (SSSR count). The van der Waals surface area contributed by atoms with Gasteiger partial charge in [0.1, 0.15) is 22.8 Å². The fourth-order valence-electron chi connectivity index (χ4n) is 5.10. The van der Waals surface area contributed by atoms with E-state index in [4.69, 9.17) is 38.7 Å². The highest BCUT2D eigenvalue weighted by Gasteiger charge is 2.20. The Balaban J connectivity index is 0.000000210. The molecule has 10 nitrogen and oxygen atoms in total. The summed E-state index contributed by atoms with van der Waals surface area (Å²) in [5.41, 5.74) is 12.2. The molecule has 57 heavy (non-hydrogen) atoms. The van der Waals surface area contributed by atoms with Crippen molar-refractivity contribution in [3.05, 3.63) is 116 Å². The van der Waals surface area contributed by atoms with Crippen molar-refractivity contribution in [2.24, 2.45) is 0 Å². The molecule has 17 heteroatoms. The zero-order chi connectivity index (χ0) is 42.1. The van der Waals surface area contributed by atoms with Crippen molar-refractivity contribution >= 4 is 122 Å². The van der Waals surface area contributed by atoms with Crippen LogP contribution in [-0.2, 0) is 9.47 Å². The summed E-state index contributed by atoms with van der Waals surface area (Å²) in [6.45, 7) is 12.6. The minimum atomic E-state index is -0.485. The minimum absolute atomic E-state index is 0.171. The molecule has 0 aliphatic carbocycles. The monoisotopic (exact) mass is 1040 g/mol. The molecule has 0 amide bonds. The lowest BCUT2D eigenvalue weighted by Crippen LogP contribution is -2.07. The highest BCUT2D eigenvalue weighted by molar-refractivity contribution is 9.11. The molecule has 3 N–H and O–H groups in total. The summed E-state index contributed by atoms with van der Waals surface area (Å²) in [6.07, 6.45) is 3.14. The summed E-state index contributed by atoms with van der Waals surface area (Å²) in [6, 6.07) is 15.2. The predicted molar refractivity (Wildman–Crippen MR) is 245 cm³/mol. The van der Waals surface area contributed by atoms with Gasteiger partial charge >= 0.3 is 11.9 Å². The van der Waals surface area contributed by atoms with Crippen LogP contribution in [0.2, 0.25) is 10.0 Å². The van der Waals surface area contributed by atoms with Crippen molar-refractivity contribution in [3.8, 4) is 22.5 Å². The zero-order valence-electron chi connectivity index (χ0n) is 32.1. The number of nitrogens with two attached hydrogens (primary N) is 1. The first-order valence-corrected chi connectivity index (χ1v) is 21.9. The molecule has 300 valence electrons. The van der Waals surface area contributed by atoms with E-state index >= 15 is 0 Å². The Bertz CT molecular complexity index is 2390. The maximum atomic E-state index is 12.1. The van der Waals surface area contributed by atoms with E-state index in [2.05, 4.69) is 107 Å². The topological polar surface area (TPSA) is 142 Å². The molecule has 0 fully saturated rings. The van der Waals surface area contributed by atoms with Gasteiger partial charge in [-0.05, 0) is 121 Å². The quantitative estimate of drug-likeness (QED) is 0.141. The maximum absolute atomic E-state index is 12.1. The van der Waals surface area contributed by atoms with E-state index in [1.165, 1.54) is 25.3 Å². The first kappa shape index (κ1) is 46.3. The average Bonchev–Trinajstić information content (AvgIpc) is 3.79. The van der Waals surface area contributed by atoms with Gasteiger partial charge in [-0.25, -0.2) is 29.5 Å². The van der Waals surface area contributed by atoms with E-state index in [1.54, 1.807) is 41.0 Å². The summed E-state index contributed by atoms with van der Waals surface area (Å²) >= 11 is 25.4. The lowest BCUT2D eigenvalue weighted by molar-refractivity contribution is 0.0592. The van der Waals surface area contributed by atoms with E-state index in [9.17, 15) is 9.59 Å². The number of thiazole rings is 2. The molecule has 4 aromatic heterocycles. The minimum Gasteiger partial charge on any atom is -0.465 e. The number of anilines is 3. The van der Waals surface area contributed by atoms with Crippen LogP contribution >= 0.6 is 93.7 Å². The van der Waals surface area contributed by atoms with Crippen LogP contribution in [0, 0.1) is 13.8 Å². The van der Waals surface area contributed by atoms with Crippen LogP contribution in [0.15, 0.2) is 73.8 Å². The lowest BCUT2D eigenvalue weighted by Gasteiger charge is -2.07. The van der Waals surface area contributed by atoms with Crippen LogP contribution in [0.4, 0.5) is 16.8 Å².